The average molecular weight is 439 g/mol. The summed E-state index contributed by atoms with van der Waals surface area (Å²) in [5.74, 6) is 0.412. The van der Waals surface area contributed by atoms with Crippen LogP contribution in [0.5, 0.6) is 11.5 Å². The zero-order valence-electron chi connectivity index (χ0n) is 17.0. The van der Waals surface area contributed by atoms with Crippen LogP contribution in [-0.4, -0.2) is 39.1 Å². The quantitative estimate of drug-likeness (QED) is 0.656. The van der Waals surface area contributed by atoms with Crippen molar-refractivity contribution < 1.29 is 22.7 Å². The Balaban J connectivity index is 1.69. The summed E-state index contributed by atoms with van der Waals surface area (Å²) in [7, 11) is -2.44. The Morgan fingerprint density at radius 1 is 1.19 bits per heavy atom. The number of anilines is 2. The van der Waals surface area contributed by atoms with Crippen LogP contribution in [0.15, 0.2) is 71.9 Å². The fraction of sp³-hybridized carbons (Fsp3) is 0.182. The van der Waals surface area contributed by atoms with Gasteiger partial charge in [-0.05, 0) is 61.0 Å². The third-order valence-corrected chi connectivity index (χ3v) is 6.65. The number of methoxy groups -OCH3 is 1. The number of sulfonamides is 1. The predicted octanol–water partition coefficient (Wildman–Crippen LogP) is 2.99. The molecule has 0 saturated heterocycles. The van der Waals surface area contributed by atoms with E-state index in [4.69, 9.17) is 9.47 Å². The molecule has 0 saturated carbocycles. The summed E-state index contributed by atoms with van der Waals surface area (Å²) in [4.78, 5) is 16.9. The second-order valence-electron chi connectivity index (χ2n) is 7.02. The highest BCUT2D eigenvalue weighted by atomic mass is 32.2. The molecule has 0 unspecified atom stereocenters. The lowest BCUT2D eigenvalue weighted by molar-refractivity contribution is -0.122. The van der Waals surface area contributed by atoms with Crippen molar-refractivity contribution in [2.45, 2.75) is 17.9 Å². The molecule has 1 aromatic heterocycles. The molecule has 4 rings (SSSR count). The Morgan fingerprint density at radius 3 is 2.65 bits per heavy atom. The number of carbonyl (C=O) groups excluding carboxylic acids is 1. The maximum absolute atomic E-state index is 13.4. The smallest absolute Gasteiger partial charge is 0.267 e. The van der Waals surface area contributed by atoms with E-state index in [1.165, 1.54) is 29.7 Å². The molecule has 1 N–H and O–H groups in total. The second-order valence-corrected chi connectivity index (χ2v) is 8.88. The van der Waals surface area contributed by atoms with E-state index in [1.807, 2.05) is 6.92 Å². The highest BCUT2D eigenvalue weighted by Crippen LogP contribution is 2.38. The van der Waals surface area contributed by atoms with Gasteiger partial charge in [-0.1, -0.05) is 6.07 Å². The van der Waals surface area contributed by atoms with Crippen LogP contribution in [0.2, 0.25) is 0 Å². The number of rotatable bonds is 5. The third-order valence-electron chi connectivity index (χ3n) is 4.85. The number of aryl methyl sites for hydroxylation is 1. The first-order valence-corrected chi connectivity index (χ1v) is 11.0. The number of hydrogen-bond acceptors (Lipinski definition) is 6. The van der Waals surface area contributed by atoms with Crippen molar-refractivity contribution in [3.8, 4) is 11.5 Å². The van der Waals surface area contributed by atoms with Crippen LogP contribution < -0.4 is 19.1 Å². The molecule has 8 nitrogen and oxygen atoms in total. The van der Waals surface area contributed by atoms with Gasteiger partial charge in [-0.3, -0.25) is 14.1 Å². The van der Waals surface area contributed by atoms with Gasteiger partial charge in [0.05, 0.1) is 36.1 Å². The molecule has 1 aliphatic rings. The Labute approximate surface area is 180 Å². The van der Waals surface area contributed by atoms with Crippen molar-refractivity contribution in [2.75, 3.05) is 23.3 Å². The molecule has 9 heteroatoms. The largest absolute Gasteiger partial charge is 0.497 e. The first-order valence-electron chi connectivity index (χ1n) is 9.53. The van der Waals surface area contributed by atoms with Crippen molar-refractivity contribution >= 4 is 27.3 Å². The Kier molecular flexibility index (Phi) is 5.51. The first kappa shape index (κ1) is 20.7. The van der Waals surface area contributed by atoms with E-state index in [2.05, 4.69) is 10.3 Å². The lowest BCUT2D eigenvalue weighted by atomic mass is 10.1. The van der Waals surface area contributed by atoms with E-state index >= 15 is 0 Å². The van der Waals surface area contributed by atoms with E-state index in [-0.39, 0.29) is 11.4 Å². The minimum Gasteiger partial charge on any atom is -0.497 e. The number of ether oxygens (including phenoxy) is 2. The standard InChI is InChI=1S/C22H21N3O5S/c1-15-5-10-19-20(12-15)30-21(22(26)24-16-4-3-11-23-13-16)14-25(19)31(27,28)18-8-6-17(29-2)7-9-18/h3-13,21H,14H2,1-2H3,(H,24,26)/t21-/m1/s1. The van der Waals surface area contributed by atoms with Gasteiger partial charge in [-0.25, -0.2) is 8.42 Å². The monoisotopic (exact) mass is 439 g/mol. The van der Waals surface area contributed by atoms with Crippen molar-refractivity contribution in [3.05, 3.63) is 72.6 Å². The van der Waals surface area contributed by atoms with Gasteiger partial charge in [0.25, 0.3) is 15.9 Å². The van der Waals surface area contributed by atoms with Crippen LogP contribution in [0.25, 0.3) is 0 Å². The normalized spacial score (nSPS) is 15.5. The number of hydrogen-bond donors (Lipinski definition) is 1. The van der Waals surface area contributed by atoms with E-state index in [0.29, 0.717) is 22.9 Å². The Morgan fingerprint density at radius 2 is 1.97 bits per heavy atom. The number of amides is 1. The van der Waals surface area contributed by atoms with Gasteiger partial charge in [0.15, 0.2) is 6.10 Å². The maximum Gasteiger partial charge on any atom is 0.267 e. The van der Waals surface area contributed by atoms with Crippen LogP contribution >= 0.6 is 0 Å². The third kappa shape index (κ3) is 4.17. The fourth-order valence-electron chi connectivity index (χ4n) is 3.26. The molecule has 0 aliphatic carbocycles. The van der Waals surface area contributed by atoms with Crippen LogP contribution in [0.1, 0.15) is 5.56 Å². The maximum atomic E-state index is 13.4. The molecular formula is C22H21N3O5S. The molecule has 31 heavy (non-hydrogen) atoms. The number of nitrogens with one attached hydrogen (secondary N) is 1. The van der Waals surface area contributed by atoms with Crippen LogP contribution in [0.4, 0.5) is 11.4 Å². The van der Waals surface area contributed by atoms with Gasteiger partial charge in [0, 0.05) is 6.20 Å². The summed E-state index contributed by atoms with van der Waals surface area (Å²) in [6.45, 7) is 1.70. The van der Waals surface area contributed by atoms with E-state index in [0.717, 1.165) is 5.56 Å². The lowest BCUT2D eigenvalue weighted by Crippen LogP contribution is -2.48. The summed E-state index contributed by atoms with van der Waals surface area (Å²) in [6, 6.07) is 14.7. The van der Waals surface area contributed by atoms with E-state index in [1.54, 1.807) is 48.7 Å². The molecule has 160 valence electrons. The zero-order chi connectivity index (χ0) is 22.0. The number of pyridine rings is 1. The Hall–Kier alpha value is -3.59. The molecule has 1 amide bonds. The molecule has 0 fully saturated rings. The molecule has 2 heterocycles. The van der Waals surface area contributed by atoms with Gasteiger partial charge in [0.2, 0.25) is 0 Å². The average Bonchev–Trinajstić information content (AvgIpc) is 2.78. The fourth-order valence-corrected chi connectivity index (χ4v) is 4.74. The predicted molar refractivity (Wildman–Crippen MR) is 116 cm³/mol. The highest BCUT2D eigenvalue weighted by molar-refractivity contribution is 7.92. The summed E-state index contributed by atoms with van der Waals surface area (Å²) in [5.41, 5.74) is 1.76. The topological polar surface area (TPSA) is 97.8 Å². The van der Waals surface area contributed by atoms with Crippen LogP contribution in [0, 0.1) is 6.92 Å². The van der Waals surface area contributed by atoms with E-state index < -0.39 is 22.0 Å². The summed E-state index contributed by atoms with van der Waals surface area (Å²) >= 11 is 0. The molecule has 1 aliphatic heterocycles. The minimum absolute atomic E-state index is 0.0909. The summed E-state index contributed by atoms with van der Waals surface area (Å²) < 4.78 is 39.1. The molecule has 1 atom stereocenters. The van der Waals surface area contributed by atoms with Crippen molar-refractivity contribution in [3.63, 3.8) is 0 Å². The van der Waals surface area contributed by atoms with E-state index in [9.17, 15) is 13.2 Å². The number of fused-ring (bicyclic) bond motifs is 1. The molecule has 2 aromatic carbocycles. The molecule has 3 aromatic rings. The summed E-state index contributed by atoms with van der Waals surface area (Å²) in [6.07, 6.45) is 2.06. The highest BCUT2D eigenvalue weighted by Gasteiger charge is 2.37. The summed E-state index contributed by atoms with van der Waals surface area (Å²) in [5, 5.41) is 2.72. The van der Waals surface area contributed by atoms with Gasteiger partial charge in [0.1, 0.15) is 11.5 Å². The van der Waals surface area contributed by atoms with Crippen molar-refractivity contribution in [1.29, 1.82) is 0 Å². The Bertz CT molecular complexity index is 1200. The number of nitrogens with zero attached hydrogens (tertiary/aromatic N) is 2. The molecule has 0 bridgehead atoms. The zero-order valence-corrected chi connectivity index (χ0v) is 17.8. The van der Waals surface area contributed by atoms with Gasteiger partial charge >= 0.3 is 0 Å². The van der Waals surface area contributed by atoms with Crippen LogP contribution in [-0.2, 0) is 14.8 Å². The van der Waals surface area contributed by atoms with Crippen LogP contribution in [0.3, 0.4) is 0 Å². The second kappa shape index (κ2) is 8.27. The first-order chi connectivity index (χ1) is 14.9. The molecule has 0 radical (unpaired) electrons. The van der Waals surface area contributed by atoms with Crippen molar-refractivity contribution in [1.82, 2.24) is 4.98 Å². The number of aromatic nitrogens is 1. The van der Waals surface area contributed by atoms with Gasteiger partial charge < -0.3 is 14.8 Å². The number of benzene rings is 2. The minimum atomic E-state index is -3.95. The van der Waals surface area contributed by atoms with Gasteiger partial charge in [-0.15, -0.1) is 0 Å². The lowest BCUT2D eigenvalue weighted by Gasteiger charge is -2.35. The number of carbonyl (C=O) groups is 1. The van der Waals surface area contributed by atoms with Crippen molar-refractivity contribution in [2.24, 2.45) is 0 Å². The molecular weight excluding hydrogens is 418 g/mol. The SMILES string of the molecule is COc1ccc(S(=O)(=O)N2C[C@H](C(=O)Nc3cccnc3)Oc3cc(C)ccc32)cc1. The molecule has 0 spiro atoms. The van der Waals surface area contributed by atoms with Gasteiger partial charge in [-0.2, -0.15) is 0 Å².